The molecule has 7 heteroatoms. The van der Waals surface area contributed by atoms with Crippen LogP contribution in [0.2, 0.25) is 0 Å². The van der Waals surface area contributed by atoms with E-state index in [4.69, 9.17) is 10.5 Å². The average molecular weight is 453 g/mol. The summed E-state index contributed by atoms with van der Waals surface area (Å²) in [5.74, 6) is 0. The molecule has 1 unspecified atom stereocenters. The first-order valence-corrected chi connectivity index (χ1v) is 11.8. The van der Waals surface area contributed by atoms with Crippen molar-refractivity contribution in [1.82, 2.24) is 4.72 Å². The zero-order valence-electron chi connectivity index (χ0n) is 18.4. The van der Waals surface area contributed by atoms with Crippen LogP contribution >= 0.6 is 0 Å². The molecule has 0 heterocycles. The van der Waals surface area contributed by atoms with Gasteiger partial charge in [-0.15, -0.1) is 0 Å². The Kier molecular flexibility index (Phi) is 7.01. The molecule has 32 heavy (non-hydrogen) atoms. The summed E-state index contributed by atoms with van der Waals surface area (Å²) in [4.78, 5) is 11.7. The topological polar surface area (TPSA) is 98.5 Å². The Hall–Kier alpha value is -3.16. The smallest absolute Gasteiger partial charge is 0.406 e. The zero-order valence-corrected chi connectivity index (χ0v) is 19.2. The maximum absolute atomic E-state index is 13.7. The summed E-state index contributed by atoms with van der Waals surface area (Å²) < 4.78 is 35.3. The number of nitrogens with two attached hydrogens (primary N) is 1. The molecule has 0 spiro atoms. The van der Waals surface area contributed by atoms with Crippen molar-refractivity contribution in [1.29, 1.82) is 0 Å². The highest BCUT2D eigenvalue weighted by Crippen LogP contribution is 2.35. The van der Waals surface area contributed by atoms with Gasteiger partial charge in [0.2, 0.25) is 5.44 Å². The number of hydrogen-bond donors (Lipinski definition) is 2. The lowest BCUT2D eigenvalue weighted by atomic mass is 9.84. The molecule has 0 aliphatic rings. The molecule has 0 saturated carbocycles. The second kappa shape index (κ2) is 9.54. The maximum atomic E-state index is 13.7. The SMILES string of the molecule is CC(C)(C)c1ccccc1C(OC(N)=O)S(=O)(=O)NC(c1ccccc1)c1ccccc1. The standard InChI is InChI=1S/C25H28N2O4S/c1-25(2,3)21-17-11-10-16-20(21)23(31-24(26)28)32(29,30)27-22(18-12-6-4-7-13-18)19-14-8-5-9-15-19/h4-17,22-23,27H,1-3H3,(H2,26,28). The van der Waals surface area contributed by atoms with Crippen LogP contribution in [0.25, 0.3) is 0 Å². The lowest BCUT2D eigenvalue weighted by Gasteiger charge is -2.28. The van der Waals surface area contributed by atoms with E-state index in [1.807, 2.05) is 93.6 Å². The summed E-state index contributed by atoms with van der Waals surface area (Å²) >= 11 is 0. The van der Waals surface area contributed by atoms with Crippen LogP contribution in [-0.4, -0.2) is 14.5 Å². The number of ether oxygens (including phenoxy) is 1. The molecule has 6 nitrogen and oxygen atoms in total. The number of nitrogens with one attached hydrogen (secondary N) is 1. The van der Waals surface area contributed by atoms with Gasteiger partial charge in [-0.2, -0.15) is 4.72 Å². The van der Waals surface area contributed by atoms with Crippen LogP contribution in [0.4, 0.5) is 4.79 Å². The second-order valence-electron chi connectivity index (χ2n) is 8.52. The zero-order chi connectivity index (χ0) is 23.4. The summed E-state index contributed by atoms with van der Waals surface area (Å²) in [5.41, 5.74) is 5.91. The number of carbonyl (C=O) groups excluding carboxylic acids is 1. The molecular weight excluding hydrogens is 424 g/mol. The number of primary amides is 1. The summed E-state index contributed by atoms with van der Waals surface area (Å²) in [6, 6.07) is 24.8. The number of amides is 1. The molecule has 3 N–H and O–H groups in total. The van der Waals surface area contributed by atoms with Crippen LogP contribution in [0.15, 0.2) is 84.9 Å². The molecule has 0 aromatic heterocycles. The van der Waals surface area contributed by atoms with Crippen molar-refractivity contribution >= 4 is 16.1 Å². The molecule has 168 valence electrons. The van der Waals surface area contributed by atoms with E-state index >= 15 is 0 Å². The predicted molar refractivity (Wildman–Crippen MR) is 125 cm³/mol. The number of sulfonamides is 1. The van der Waals surface area contributed by atoms with Crippen LogP contribution in [0.3, 0.4) is 0 Å². The van der Waals surface area contributed by atoms with Gasteiger partial charge in [0.25, 0.3) is 10.0 Å². The Morgan fingerprint density at radius 1 is 0.844 bits per heavy atom. The van der Waals surface area contributed by atoms with Crippen molar-refractivity contribution in [3.8, 4) is 0 Å². The predicted octanol–water partition coefficient (Wildman–Crippen LogP) is 4.79. The molecule has 0 bridgehead atoms. The minimum atomic E-state index is -4.22. The minimum absolute atomic E-state index is 0.367. The van der Waals surface area contributed by atoms with E-state index in [2.05, 4.69) is 4.72 Å². The lowest BCUT2D eigenvalue weighted by molar-refractivity contribution is 0.140. The third-order valence-corrected chi connectivity index (χ3v) is 6.55. The van der Waals surface area contributed by atoms with Gasteiger partial charge in [0.1, 0.15) is 0 Å². The van der Waals surface area contributed by atoms with Crippen molar-refractivity contribution in [3.63, 3.8) is 0 Å². The van der Waals surface area contributed by atoms with Gasteiger partial charge in [0.15, 0.2) is 0 Å². The van der Waals surface area contributed by atoms with E-state index < -0.39 is 27.6 Å². The molecule has 0 fully saturated rings. The molecule has 0 aliphatic heterocycles. The minimum Gasteiger partial charge on any atom is -0.423 e. The second-order valence-corrected chi connectivity index (χ2v) is 10.3. The van der Waals surface area contributed by atoms with Crippen LogP contribution < -0.4 is 10.5 Å². The van der Waals surface area contributed by atoms with Gasteiger partial charge < -0.3 is 10.5 Å². The fourth-order valence-corrected chi connectivity index (χ4v) is 5.12. The summed E-state index contributed by atoms with van der Waals surface area (Å²) in [5, 5.41) is 0. The van der Waals surface area contributed by atoms with Crippen molar-refractivity contribution < 1.29 is 17.9 Å². The number of hydrogen-bond acceptors (Lipinski definition) is 4. The monoisotopic (exact) mass is 452 g/mol. The fourth-order valence-electron chi connectivity index (χ4n) is 3.63. The Bertz CT molecular complexity index is 1120. The normalized spacial score (nSPS) is 13.0. The summed E-state index contributed by atoms with van der Waals surface area (Å²) in [7, 11) is -4.22. The maximum Gasteiger partial charge on any atom is 0.406 e. The average Bonchev–Trinajstić information content (AvgIpc) is 2.76. The van der Waals surface area contributed by atoms with E-state index in [0.717, 1.165) is 16.7 Å². The van der Waals surface area contributed by atoms with Crippen molar-refractivity contribution in [3.05, 3.63) is 107 Å². The van der Waals surface area contributed by atoms with Gasteiger partial charge in [-0.1, -0.05) is 106 Å². The first-order chi connectivity index (χ1) is 15.1. The molecule has 1 amide bonds. The summed E-state index contributed by atoms with van der Waals surface area (Å²) in [6.45, 7) is 5.89. The van der Waals surface area contributed by atoms with Crippen LogP contribution in [-0.2, 0) is 20.2 Å². The number of carbonyl (C=O) groups is 1. The van der Waals surface area contributed by atoms with Gasteiger partial charge in [-0.25, -0.2) is 13.2 Å². The molecule has 0 radical (unpaired) electrons. The molecular formula is C25H28N2O4S. The quantitative estimate of drug-likeness (QED) is 0.539. The Labute approximate surface area is 189 Å². The molecule has 0 saturated heterocycles. The van der Waals surface area contributed by atoms with E-state index in [0.29, 0.717) is 5.56 Å². The number of rotatable bonds is 7. The van der Waals surface area contributed by atoms with Gasteiger partial charge in [0.05, 0.1) is 6.04 Å². The van der Waals surface area contributed by atoms with Crippen molar-refractivity contribution in [2.45, 2.75) is 37.7 Å². The van der Waals surface area contributed by atoms with Crippen LogP contribution in [0.1, 0.15) is 54.5 Å². The molecule has 1 atom stereocenters. The first kappa shape index (κ1) is 23.5. The summed E-state index contributed by atoms with van der Waals surface area (Å²) in [6.07, 6.45) is -1.17. The van der Waals surface area contributed by atoms with Crippen molar-refractivity contribution in [2.75, 3.05) is 0 Å². The molecule has 0 aliphatic carbocycles. The molecule has 3 aromatic rings. The van der Waals surface area contributed by atoms with Crippen LogP contribution in [0.5, 0.6) is 0 Å². The van der Waals surface area contributed by atoms with E-state index in [1.165, 1.54) is 0 Å². The van der Waals surface area contributed by atoms with E-state index in [9.17, 15) is 13.2 Å². The Balaban J connectivity index is 2.10. The number of benzene rings is 3. The first-order valence-electron chi connectivity index (χ1n) is 10.3. The van der Waals surface area contributed by atoms with Gasteiger partial charge in [-0.05, 0) is 22.1 Å². The third kappa shape index (κ3) is 5.55. The molecule has 3 aromatic carbocycles. The molecule has 3 rings (SSSR count). The van der Waals surface area contributed by atoms with Gasteiger partial charge in [-0.3, -0.25) is 0 Å². The Morgan fingerprint density at radius 3 is 1.78 bits per heavy atom. The highest BCUT2D eigenvalue weighted by atomic mass is 32.2. The van der Waals surface area contributed by atoms with E-state index in [-0.39, 0.29) is 5.41 Å². The Morgan fingerprint density at radius 2 is 1.31 bits per heavy atom. The highest BCUT2D eigenvalue weighted by Gasteiger charge is 2.36. The van der Waals surface area contributed by atoms with Gasteiger partial charge in [0, 0.05) is 5.56 Å². The lowest BCUT2D eigenvalue weighted by Crippen LogP contribution is -2.37. The van der Waals surface area contributed by atoms with Crippen LogP contribution in [0, 0.1) is 0 Å². The van der Waals surface area contributed by atoms with Crippen molar-refractivity contribution in [2.24, 2.45) is 5.73 Å². The fraction of sp³-hybridized carbons (Fsp3) is 0.240. The van der Waals surface area contributed by atoms with Gasteiger partial charge >= 0.3 is 6.09 Å². The third-order valence-electron chi connectivity index (χ3n) is 5.08. The highest BCUT2D eigenvalue weighted by molar-refractivity contribution is 7.89. The van der Waals surface area contributed by atoms with E-state index in [1.54, 1.807) is 12.1 Å². The largest absolute Gasteiger partial charge is 0.423 e.